The molecule has 0 saturated heterocycles. The highest BCUT2D eigenvalue weighted by Gasteiger charge is 2.33. The fourth-order valence-corrected chi connectivity index (χ4v) is 2.53. The fourth-order valence-electron chi connectivity index (χ4n) is 1.52. The van der Waals surface area contributed by atoms with Crippen LogP contribution in [0.3, 0.4) is 0 Å². The summed E-state index contributed by atoms with van der Waals surface area (Å²) in [5.74, 6) is -0.146. The summed E-state index contributed by atoms with van der Waals surface area (Å²) in [6.45, 7) is 0. The lowest BCUT2D eigenvalue weighted by Gasteiger charge is -2.12. The van der Waals surface area contributed by atoms with E-state index in [0.717, 1.165) is 12.1 Å². The van der Waals surface area contributed by atoms with Gasteiger partial charge in [0.15, 0.2) is 0 Å². The topological polar surface area (TPSA) is 48.7 Å². The number of halogens is 5. The molecule has 0 radical (unpaired) electrons. The zero-order valence-electron chi connectivity index (χ0n) is 10.2. The molecule has 1 heterocycles. The van der Waals surface area contributed by atoms with E-state index >= 15 is 0 Å². The van der Waals surface area contributed by atoms with E-state index in [-0.39, 0.29) is 11.4 Å². The molecule has 2 aromatic rings. The number of nitrogens with zero attached hydrogens (tertiary/aromatic N) is 2. The van der Waals surface area contributed by atoms with Gasteiger partial charge in [0.05, 0.1) is 11.3 Å². The number of anilines is 2. The molecule has 1 N–H and O–H groups in total. The van der Waals surface area contributed by atoms with Crippen molar-refractivity contribution in [2.24, 2.45) is 0 Å². The first kappa shape index (κ1) is 15.9. The van der Waals surface area contributed by atoms with E-state index in [2.05, 4.69) is 10.3 Å². The molecule has 0 aliphatic carbocycles. The van der Waals surface area contributed by atoms with Crippen molar-refractivity contribution in [3.63, 3.8) is 0 Å². The van der Waals surface area contributed by atoms with E-state index in [4.69, 9.17) is 16.9 Å². The van der Waals surface area contributed by atoms with Crippen molar-refractivity contribution >= 4 is 45.7 Å². The molecule has 2 rings (SSSR count). The van der Waals surface area contributed by atoms with Gasteiger partial charge in [0.25, 0.3) is 0 Å². The normalized spacial score (nSPS) is 11.0. The molecule has 1 aromatic heterocycles. The van der Waals surface area contributed by atoms with Crippen molar-refractivity contribution in [2.45, 2.75) is 6.18 Å². The summed E-state index contributed by atoms with van der Waals surface area (Å²) in [5.41, 5.74) is -0.523. The first-order valence-electron chi connectivity index (χ1n) is 5.51. The number of benzene rings is 1. The average molecular weight is 424 g/mol. The highest BCUT2D eigenvalue weighted by Crippen LogP contribution is 2.31. The molecule has 0 unspecified atom stereocenters. The van der Waals surface area contributed by atoms with E-state index in [1.54, 1.807) is 24.3 Å². The van der Waals surface area contributed by atoms with E-state index in [9.17, 15) is 13.2 Å². The van der Waals surface area contributed by atoms with E-state index < -0.39 is 11.9 Å². The monoisotopic (exact) mass is 423 g/mol. The van der Waals surface area contributed by atoms with Gasteiger partial charge in [-0.1, -0.05) is 11.6 Å². The Hall–Kier alpha value is -1.53. The average Bonchev–Trinajstić information content (AvgIpc) is 2.41. The van der Waals surface area contributed by atoms with Crippen LogP contribution in [-0.2, 0) is 6.18 Å². The summed E-state index contributed by atoms with van der Waals surface area (Å²) in [6.07, 6.45) is -4.57. The van der Waals surface area contributed by atoms with Crippen molar-refractivity contribution in [3.05, 3.63) is 50.2 Å². The molecule has 1 aromatic carbocycles. The Morgan fingerprint density at radius 1 is 1.24 bits per heavy atom. The Morgan fingerprint density at radius 3 is 2.52 bits per heavy atom. The smallest absolute Gasteiger partial charge is 0.338 e. The van der Waals surface area contributed by atoms with Gasteiger partial charge in [0.2, 0.25) is 0 Å². The molecule has 21 heavy (non-hydrogen) atoms. The highest BCUT2D eigenvalue weighted by molar-refractivity contribution is 14.1. The highest BCUT2D eigenvalue weighted by atomic mass is 127. The van der Waals surface area contributed by atoms with Gasteiger partial charge in [-0.3, -0.25) is 0 Å². The quantitative estimate of drug-likeness (QED) is 0.694. The summed E-state index contributed by atoms with van der Waals surface area (Å²) >= 11 is 7.80. The molecule has 8 heteroatoms. The Morgan fingerprint density at radius 2 is 1.95 bits per heavy atom. The van der Waals surface area contributed by atoms with Gasteiger partial charge in [-0.25, -0.2) is 4.98 Å². The zero-order chi connectivity index (χ0) is 15.6. The third-order valence-corrected chi connectivity index (χ3v) is 3.62. The Labute approximate surface area is 136 Å². The minimum absolute atomic E-state index is 0.0220. The molecule has 0 aliphatic heterocycles. The largest absolute Gasteiger partial charge is 0.433 e. The van der Waals surface area contributed by atoms with Crippen LogP contribution >= 0.6 is 34.2 Å². The molecular formula is C13H6ClF3IN3. The number of hydrogen-bond acceptors (Lipinski definition) is 3. The van der Waals surface area contributed by atoms with Gasteiger partial charge < -0.3 is 5.32 Å². The van der Waals surface area contributed by atoms with Crippen LogP contribution in [0.1, 0.15) is 11.3 Å². The van der Waals surface area contributed by atoms with E-state index in [1.165, 1.54) is 0 Å². The molecule has 0 fully saturated rings. The van der Waals surface area contributed by atoms with E-state index in [1.807, 2.05) is 22.6 Å². The van der Waals surface area contributed by atoms with Gasteiger partial charge in [0, 0.05) is 8.59 Å². The van der Waals surface area contributed by atoms with E-state index in [0.29, 0.717) is 14.3 Å². The molecule has 3 nitrogen and oxygen atoms in total. The lowest BCUT2D eigenvalue weighted by molar-refractivity contribution is -0.141. The van der Waals surface area contributed by atoms with Gasteiger partial charge >= 0.3 is 6.18 Å². The molecular weight excluding hydrogens is 418 g/mol. The number of alkyl halides is 3. The maximum Gasteiger partial charge on any atom is 0.433 e. The molecule has 0 atom stereocenters. The Balaban J connectivity index is 2.45. The number of nitrogens with one attached hydrogen (secondary N) is 1. The van der Waals surface area contributed by atoms with Crippen LogP contribution in [0.2, 0.25) is 5.02 Å². The zero-order valence-corrected chi connectivity index (χ0v) is 13.1. The number of rotatable bonds is 2. The molecule has 108 valence electrons. The van der Waals surface area contributed by atoms with Crippen molar-refractivity contribution in [2.75, 3.05) is 5.32 Å². The third-order valence-electron chi connectivity index (χ3n) is 2.49. The van der Waals surface area contributed by atoms with Crippen LogP contribution in [-0.4, -0.2) is 4.98 Å². The maximum absolute atomic E-state index is 12.7. The number of aromatic nitrogens is 1. The predicted molar refractivity (Wildman–Crippen MR) is 81.4 cm³/mol. The SMILES string of the molecule is N#Cc1ccc(C(F)(F)F)nc1Nc1ccc(Cl)cc1I. The van der Waals surface area contributed by atoms with Crippen molar-refractivity contribution in [3.8, 4) is 6.07 Å². The van der Waals surface area contributed by atoms with Crippen molar-refractivity contribution < 1.29 is 13.2 Å². The van der Waals surface area contributed by atoms with Crippen LogP contribution < -0.4 is 5.32 Å². The van der Waals surface area contributed by atoms with Gasteiger partial charge in [-0.2, -0.15) is 18.4 Å². The maximum atomic E-state index is 12.7. The van der Waals surface area contributed by atoms with Gasteiger partial charge in [-0.15, -0.1) is 0 Å². The van der Waals surface area contributed by atoms with Crippen LogP contribution in [0.15, 0.2) is 30.3 Å². The third kappa shape index (κ3) is 3.77. The lowest BCUT2D eigenvalue weighted by atomic mass is 10.2. The first-order valence-corrected chi connectivity index (χ1v) is 6.97. The molecule has 0 bridgehead atoms. The lowest BCUT2D eigenvalue weighted by Crippen LogP contribution is -2.10. The second-order valence-electron chi connectivity index (χ2n) is 3.95. The number of pyridine rings is 1. The number of hydrogen-bond donors (Lipinski definition) is 1. The van der Waals surface area contributed by atoms with Crippen LogP contribution in [0, 0.1) is 14.9 Å². The minimum atomic E-state index is -4.57. The standard InChI is InChI=1S/C13H6ClF3IN3/c14-8-2-3-10(9(18)5-8)20-12-7(6-19)1-4-11(21-12)13(15,16)17/h1-5H,(H,20,21). The molecule has 0 aliphatic rings. The number of nitriles is 1. The van der Waals surface area contributed by atoms with Crippen molar-refractivity contribution in [1.29, 1.82) is 5.26 Å². The van der Waals surface area contributed by atoms with Gasteiger partial charge in [-0.05, 0) is 52.9 Å². The van der Waals surface area contributed by atoms with Crippen molar-refractivity contribution in [1.82, 2.24) is 4.98 Å². The first-order chi connectivity index (χ1) is 9.81. The summed E-state index contributed by atoms with van der Waals surface area (Å²) in [4.78, 5) is 3.48. The Bertz CT molecular complexity index is 726. The summed E-state index contributed by atoms with van der Waals surface area (Å²) in [5, 5.41) is 12.2. The van der Waals surface area contributed by atoms with Gasteiger partial charge in [0.1, 0.15) is 17.6 Å². The van der Waals surface area contributed by atoms with Crippen LogP contribution in [0.4, 0.5) is 24.7 Å². The fraction of sp³-hybridized carbons (Fsp3) is 0.0769. The van der Waals surface area contributed by atoms with Crippen LogP contribution in [0.25, 0.3) is 0 Å². The second-order valence-corrected chi connectivity index (χ2v) is 5.55. The minimum Gasteiger partial charge on any atom is -0.338 e. The second kappa shape index (κ2) is 6.07. The predicted octanol–water partition coefficient (Wildman–Crippen LogP) is 4.97. The Kier molecular flexibility index (Phi) is 4.58. The molecule has 0 amide bonds. The summed E-state index contributed by atoms with van der Waals surface area (Å²) in [6, 6.07) is 8.50. The van der Waals surface area contributed by atoms with Crippen LogP contribution in [0.5, 0.6) is 0 Å². The summed E-state index contributed by atoms with van der Waals surface area (Å²) < 4.78 is 38.7. The molecule has 0 spiro atoms. The molecule has 0 saturated carbocycles. The summed E-state index contributed by atoms with van der Waals surface area (Å²) in [7, 11) is 0.